The quantitative estimate of drug-likeness (QED) is 0.355. The van der Waals surface area contributed by atoms with Crippen LogP contribution in [-0.2, 0) is 30.7 Å². The smallest absolute Gasteiger partial charge is 0.259 e. The van der Waals surface area contributed by atoms with Gasteiger partial charge in [0.1, 0.15) is 5.56 Å². The third kappa shape index (κ3) is 5.09. The number of nitrogens with zero attached hydrogens (tertiary/aromatic N) is 3. The topological polar surface area (TPSA) is 54.8 Å². The number of ether oxygens (including phenoxy) is 1. The molecule has 40 heavy (non-hydrogen) atoms. The molecular formula is C34H37N3O3. The van der Waals surface area contributed by atoms with Crippen molar-refractivity contribution >= 4 is 16.7 Å². The van der Waals surface area contributed by atoms with Gasteiger partial charge in [0.2, 0.25) is 0 Å². The Balaban J connectivity index is 1.24. The SMILES string of the molecule is COCc1c(C(=O)N2CCN([C@H]3CCc4ccccc4C3)CC2)c(=O)cc(C)n1Cc1cccc2ccccc12. The van der Waals surface area contributed by atoms with Gasteiger partial charge in [-0.1, -0.05) is 66.7 Å². The van der Waals surface area contributed by atoms with Crippen molar-refractivity contribution in [1.29, 1.82) is 0 Å². The molecule has 1 aliphatic carbocycles. The van der Waals surface area contributed by atoms with Gasteiger partial charge in [0, 0.05) is 57.6 Å². The molecule has 0 saturated carbocycles. The average Bonchev–Trinajstić information content (AvgIpc) is 2.99. The number of carbonyl (C=O) groups excluding carboxylic acids is 1. The van der Waals surface area contributed by atoms with E-state index in [-0.39, 0.29) is 23.5 Å². The monoisotopic (exact) mass is 535 g/mol. The molecule has 0 N–H and O–H groups in total. The minimum Gasteiger partial charge on any atom is -0.378 e. The number of benzene rings is 3. The number of carbonyl (C=O) groups is 1. The molecule has 0 radical (unpaired) electrons. The summed E-state index contributed by atoms with van der Waals surface area (Å²) in [4.78, 5) is 31.7. The number of rotatable bonds is 6. The van der Waals surface area contributed by atoms with E-state index in [0.29, 0.717) is 31.4 Å². The van der Waals surface area contributed by atoms with Gasteiger partial charge < -0.3 is 14.2 Å². The van der Waals surface area contributed by atoms with Crippen LogP contribution in [0.3, 0.4) is 0 Å². The highest BCUT2D eigenvalue weighted by molar-refractivity contribution is 5.95. The largest absolute Gasteiger partial charge is 0.378 e. The maximum absolute atomic E-state index is 13.9. The van der Waals surface area contributed by atoms with E-state index in [1.807, 2.05) is 24.0 Å². The van der Waals surface area contributed by atoms with Crippen LogP contribution in [0.2, 0.25) is 0 Å². The number of methoxy groups -OCH3 is 1. The van der Waals surface area contributed by atoms with Crippen molar-refractivity contribution in [3.8, 4) is 0 Å². The zero-order valence-corrected chi connectivity index (χ0v) is 23.4. The molecule has 1 aromatic heterocycles. The van der Waals surface area contributed by atoms with Gasteiger partial charge in [-0.2, -0.15) is 0 Å². The summed E-state index contributed by atoms with van der Waals surface area (Å²) < 4.78 is 7.65. The lowest BCUT2D eigenvalue weighted by Crippen LogP contribution is -2.53. The van der Waals surface area contributed by atoms with Gasteiger partial charge in [-0.25, -0.2) is 0 Å². The molecule has 6 rings (SSSR count). The molecule has 1 atom stereocenters. The predicted molar refractivity (Wildman–Crippen MR) is 159 cm³/mol. The number of hydrogen-bond donors (Lipinski definition) is 0. The lowest BCUT2D eigenvalue weighted by molar-refractivity contribution is 0.0546. The van der Waals surface area contributed by atoms with Crippen LogP contribution in [0.25, 0.3) is 10.8 Å². The Morgan fingerprint density at radius 2 is 1.65 bits per heavy atom. The minimum atomic E-state index is -0.227. The fourth-order valence-electron chi connectivity index (χ4n) is 6.60. The Kier molecular flexibility index (Phi) is 7.55. The number of amides is 1. The molecule has 206 valence electrons. The van der Waals surface area contributed by atoms with Crippen molar-refractivity contribution in [2.75, 3.05) is 33.3 Å². The van der Waals surface area contributed by atoms with Gasteiger partial charge in [0.25, 0.3) is 5.91 Å². The van der Waals surface area contributed by atoms with Crippen LogP contribution >= 0.6 is 0 Å². The molecule has 4 aromatic rings. The summed E-state index contributed by atoms with van der Waals surface area (Å²) in [7, 11) is 1.62. The molecule has 1 amide bonds. The summed E-state index contributed by atoms with van der Waals surface area (Å²) in [5, 5.41) is 2.34. The molecule has 6 nitrogen and oxygen atoms in total. The number of fused-ring (bicyclic) bond motifs is 2. The Bertz CT molecular complexity index is 1590. The summed E-state index contributed by atoms with van der Waals surface area (Å²) in [6, 6.07) is 25.4. The lowest BCUT2D eigenvalue weighted by Gasteiger charge is -2.41. The van der Waals surface area contributed by atoms with Gasteiger partial charge in [-0.05, 0) is 53.6 Å². The third-order valence-corrected chi connectivity index (χ3v) is 8.77. The number of pyridine rings is 1. The molecule has 1 fully saturated rings. The first kappa shape index (κ1) is 26.5. The van der Waals surface area contributed by atoms with Gasteiger partial charge in [0.15, 0.2) is 5.43 Å². The van der Waals surface area contributed by atoms with Gasteiger partial charge in [-0.15, -0.1) is 0 Å². The van der Waals surface area contributed by atoms with Crippen LogP contribution in [0.1, 0.15) is 44.9 Å². The average molecular weight is 536 g/mol. The van der Waals surface area contributed by atoms with E-state index in [9.17, 15) is 9.59 Å². The van der Waals surface area contributed by atoms with E-state index in [4.69, 9.17) is 4.74 Å². The highest BCUT2D eigenvalue weighted by atomic mass is 16.5. The standard InChI is InChI=1S/C34H37N3O3/c1-24-20-32(38)33(31(23-40-2)37(24)22-28-12-7-11-26-9-5-6-13-30(26)28)34(39)36-18-16-35(17-19-36)29-15-14-25-8-3-4-10-27(25)21-29/h3-13,20,29H,14-19,21-23H2,1-2H3/t29-/m0/s1. The first-order valence-electron chi connectivity index (χ1n) is 14.3. The molecule has 0 spiro atoms. The van der Waals surface area contributed by atoms with E-state index in [2.05, 4.69) is 64.1 Å². The van der Waals surface area contributed by atoms with Crippen LogP contribution in [-0.4, -0.2) is 59.6 Å². The second-order valence-electron chi connectivity index (χ2n) is 11.1. The minimum absolute atomic E-state index is 0.183. The summed E-state index contributed by atoms with van der Waals surface area (Å²) in [6.07, 6.45) is 3.33. The van der Waals surface area contributed by atoms with E-state index >= 15 is 0 Å². The lowest BCUT2D eigenvalue weighted by atomic mass is 9.87. The van der Waals surface area contributed by atoms with Crippen LogP contribution < -0.4 is 5.43 Å². The van der Waals surface area contributed by atoms with Gasteiger partial charge in [0.05, 0.1) is 12.3 Å². The number of aromatic nitrogens is 1. The first-order valence-corrected chi connectivity index (χ1v) is 14.3. The van der Waals surface area contributed by atoms with Crippen molar-refractivity contribution in [2.24, 2.45) is 0 Å². The molecule has 1 aliphatic heterocycles. The predicted octanol–water partition coefficient (Wildman–Crippen LogP) is 4.82. The fourth-order valence-corrected chi connectivity index (χ4v) is 6.60. The summed E-state index contributed by atoms with van der Waals surface area (Å²) in [5.74, 6) is -0.183. The van der Waals surface area contributed by atoms with Crippen molar-refractivity contribution < 1.29 is 9.53 Å². The van der Waals surface area contributed by atoms with Gasteiger partial charge in [-0.3, -0.25) is 14.5 Å². The van der Waals surface area contributed by atoms with Gasteiger partial charge >= 0.3 is 0 Å². The van der Waals surface area contributed by atoms with Crippen molar-refractivity contribution in [1.82, 2.24) is 14.4 Å². The summed E-state index contributed by atoms with van der Waals surface area (Å²) >= 11 is 0. The van der Waals surface area contributed by atoms with E-state index in [0.717, 1.165) is 43.6 Å². The summed E-state index contributed by atoms with van der Waals surface area (Å²) in [6.45, 7) is 5.59. The number of hydrogen-bond acceptors (Lipinski definition) is 4. The van der Waals surface area contributed by atoms with E-state index < -0.39 is 0 Å². The molecule has 6 heteroatoms. The molecular weight excluding hydrogens is 498 g/mol. The molecule has 2 aliphatic rings. The second kappa shape index (κ2) is 11.4. The molecule has 0 bridgehead atoms. The van der Waals surface area contributed by atoms with Crippen molar-refractivity contribution in [3.05, 3.63) is 117 Å². The van der Waals surface area contributed by atoms with E-state index in [1.54, 1.807) is 13.2 Å². The second-order valence-corrected chi connectivity index (χ2v) is 11.1. The van der Waals surface area contributed by atoms with Crippen LogP contribution in [0, 0.1) is 6.92 Å². The molecule has 3 aromatic carbocycles. The molecule has 1 saturated heterocycles. The molecule has 2 heterocycles. The zero-order chi connectivity index (χ0) is 27.6. The fraction of sp³-hybridized carbons (Fsp3) is 0.353. The number of piperazine rings is 1. The van der Waals surface area contributed by atoms with Crippen LogP contribution in [0.15, 0.2) is 77.6 Å². The van der Waals surface area contributed by atoms with Crippen LogP contribution in [0.5, 0.6) is 0 Å². The first-order chi connectivity index (χ1) is 19.5. The normalized spacial score (nSPS) is 17.6. The Labute approximate surface area is 235 Å². The van der Waals surface area contributed by atoms with Crippen molar-refractivity contribution in [3.63, 3.8) is 0 Å². The summed E-state index contributed by atoms with van der Waals surface area (Å²) in [5.41, 5.74) is 5.55. The Morgan fingerprint density at radius 1 is 0.925 bits per heavy atom. The number of aryl methyl sites for hydroxylation is 2. The maximum Gasteiger partial charge on any atom is 0.259 e. The zero-order valence-electron chi connectivity index (χ0n) is 23.4. The highest BCUT2D eigenvalue weighted by Crippen LogP contribution is 2.26. The van der Waals surface area contributed by atoms with E-state index in [1.165, 1.54) is 21.9 Å². The van der Waals surface area contributed by atoms with Crippen molar-refractivity contribution in [2.45, 2.75) is 45.4 Å². The highest BCUT2D eigenvalue weighted by Gasteiger charge is 2.31. The molecule has 0 unspecified atom stereocenters. The van der Waals surface area contributed by atoms with Crippen LogP contribution in [0.4, 0.5) is 0 Å². The third-order valence-electron chi connectivity index (χ3n) is 8.77. The maximum atomic E-state index is 13.9. The Hall–Kier alpha value is -3.74. The Morgan fingerprint density at radius 3 is 2.45 bits per heavy atom.